The maximum Gasteiger partial charge on any atom is 0 e. The first kappa shape index (κ1) is 9.01. The van der Waals surface area contributed by atoms with Crippen LogP contribution in [0.2, 0.25) is 0 Å². The third-order valence-electron chi connectivity index (χ3n) is 0. The van der Waals surface area contributed by atoms with Crippen molar-refractivity contribution in [1.82, 2.24) is 0 Å². The van der Waals surface area contributed by atoms with Gasteiger partial charge in [-0.1, -0.05) is 0 Å². The Hall–Kier alpha value is 1.33. The molecule has 0 aromatic heterocycles. The Morgan fingerprint density at radius 2 is 1.75 bits per heavy atom. The molecular formula is HMoO2Zr. The van der Waals surface area contributed by atoms with Crippen molar-refractivity contribution < 1.29 is 52.3 Å². The van der Waals surface area contributed by atoms with Crippen LogP contribution < -0.4 is 0 Å². The first-order valence-electron chi connectivity index (χ1n) is 0.349. The van der Waals surface area contributed by atoms with Crippen molar-refractivity contribution in [2.24, 2.45) is 0 Å². The zero-order chi connectivity index (χ0) is 2.71. The zero-order valence-electron chi connectivity index (χ0n) is 1.76. The van der Waals surface area contributed by atoms with Gasteiger partial charge in [-0.2, -0.15) is 0 Å². The molecule has 0 aromatic carbocycles. The van der Waals surface area contributed by atoms with E-state index in [-0.39, 0.29) is 26.2 Å². The van der Waals surface area contributed by atoms with Gasteiger partial charge in [-0.05, 0) is 0 Å². The molecule has 23 valence electrons. The van der Waals surface area contributed by atoms with Gasteiger partial charge in [-0.15, -0.1) is 0 Å². The third-order valence-corrected chi connectivity index (χ3v) is 0. The number of hydrogen-bond acceptors (Lipinski definition) is 1. The van der Waals surface area contributed by atoms with Crippen molar-refractivity contribution in [3.8, 4) is 0 Å². The summed E-state index contributed by atoms with van der Waals surface area (Å²) in [7, 11) is 0. The summed E-state index contributed by atoms with van der Waals surface area (Å²) < 4.78 is 15.8. The second-order valence-corrected chi connectivity index (χ2v) is 0.441. The molecular weight excluding hydrogens is 219 g/mol. The molecule has 0 aliphatic rings. The van der Waals surface area contributed by atoms with Crippen molar-refractivity contribution in [3.05, 3.63) is 0 Å². The molecule has 4 heavy (non-hydrogen) atoms. The summed E-state index contributed by atoms with van der Waals surface area (Å²) in [6.07, 6.45) is 0. The third kappa shape index (κ3) is 10.2. The molecule has 0 radical (unpaired) electrons. The molecule has 1 N–H and O–H groups in total. The second-order valence-electron chi connectivity index (χ2n) is 0.0745. The minimum atomic E-state index is -1.78. The van der Waals surface area contributed by atoms with Gasteiger partial charge in [0.2, 0.25) is 0 Å². The second kappa shape index (κ2) is 8.84. The van der Waals surface area contributed by atoms with Crippen LogP contribution in [0.25, 0.3) is 0 Å². The van der Waals surface area contributed by atoms with E-state index in [4.69, 9.17) is 7.16 Å². The fourth-order valence-corrected chi connectivity index (χ4v) is 0. The van der Waals surface area contributed by atoms with Crippen molar-refractivity contribution in [2.75, 3.05) is 0 Å². The Balaban J connectivity index is 0. The Kier molecular flexibility index (Phi) is 19.9. The van der Waals surface area contributed by atoms with Crippen LogP contribution in [0.5, 0.6) is 0 Å². The van der Waals surface area contributed by atoms with E-state index in [1.54, 1.807) is 0 Å². The molecule has 0 rings (SSSR count). The predicted octanol–water partition coefficient (Wildman–Crippen LogP) is -0.681. The summed E-state index contributed by atoms with van der Waals surface area (Å²) >= 11 is -1.78. The van der Waals surface area contributed by atoms with E-state index in [2.05, 4.69) is 0 Å². The van der Waals surface area contributed by atoms with E-state index < -0.39 is 18.9 Å². The molecule has 0 spiro atoms. The monoisotopic (exact) mass is 221 g/mol. The van der Waals surface area contributed by atoms with Crippen LogP contribution in [0.3, 0.4) is 0 Å². The van der Waals surface area contributed by atoms with Gasteiger partial charge in [0.05, 0.1) is 0 Å². The largest absolute Gasteiger partial charge is 0 e. The summed E-state index contributed by atoms with van der Waals surface area (Å²) in [6.45, 7) is 0. The van der Waals surface area contributed by atoms with Crippen molar-refractivity contribution in [2.45, 2.75) is 0 Å². The summed E-state index contributed by atoms with van der Waals surface area (Å²) in [5, 5.41) is 0. The maximum absolute atomic E-state index is 8.62. The Morgan fingerprint density at radius 3 is 1.75 bits per heavy atom. The van der Waals surface area contributed by atoms with Crippen molar-refractivity contribution in [3.63, 3.8) is 0 Å². The fraction of sp³-hybridized carbons (Fsp3) is 0. The summed E-state index contributed by atoms with van der Waals surface area (Å²) in [4.78, 5) is 0. The average molecular weight is 220 g/mol. The Morgan fingerprint density at radius 1 is 1.75 bits per heavy atom. The number of hydrogen-bond donors (Lipinski definition) is 1. The standard InChI is InChI=1S/Mo.H2O.O.Zr/h;1H2;;/q+1;;;/p-1. The van der Waals surface area contributed by atoms with Gasteiger partial charge in [0.25, 0.3) is 0 Å². The summed E-state index contributed by atoms with van der Waals surface area (Å²) in [5.41, 5.74) is 0. The van der Waals surface area contributed by atoms with Gasteiger partial charge in [0.1, 0.15) is 0 Å². The van der Waals surface area contributed by atoms with Crippen LogP contribution >= 0.6 is 0 Å². The predicted molar refractivity (Wildman–Crippen MR) is 2.91 cm³/mol. The van der Waals surface area contributed by atoms with E-state index in [1.807, 2.05) is 0 Å². The molecule has 0 saturated carbocycles. The van der Waals surface area contributed by atoms with Crippen LogP contribution in [0.1, 0.15) is 0 Å². The summed E-state index contributed by atoms with van der Waals surface area (Å²) in [5.74, 6) is 0. The van der Waals surface area contributed by atoms with Gasteiger partial charge in [0, 0.05) is 26.2 Å². The molecule has 0 fully saturated rings. The van der Waals surface area contributed by atoms with Crippen LogP contribution in [-0.4, -0.2) is 3.76 Å². The van der Waals surface area contributed by atoms with E-state index in [0.717, 1.165) is 0 Å². The van der Waals surface area contributed by atoms with Crippen LogP contribution in [-0.2, 0) is 48.5 Å². The quantitative estimate of drug-likeness (QED) is 0.549. The molecule has 0 saturated heterocycles. The average Bonchev–Trinajstić information content (AvgIpc) is 0.918. The van der Waals surface area contributed by atoms with E-state index in [0.29, 0.717) is 0 Å². The van der Waals surface area contributed by atoms with Gasteiger partial charge in [0.15, 0.2) is 0 Å². The molecule has 0 aliphatic heterocycles. The Bertz CT molecular complexity index is 13.5. The normalized spacial score (nSPS) is 3.25. The first-order valence-corrected chi connectivity index (χ1v) is 2.07. The molecule has 0 aromatic rings. The van der Waals surface area contributed by atoms with Gasteiger partial charge < -0.3 is 0 Å². The van der Waals surface area contributed by atoms with Crippen LogP contribution in [0, 0.1) is 0 Å². The molecule has 0 heterocycles. The molecule has 0 amide bonds. The maximum atomic E-state index is 8.62. The molecule has 0 aliphatic carbocycles. The molecule has 2 nitrogen and oxygen atoms in total. The minimum Gasteiger partial charge on any atom is 0 e. The minimum absolute atomic E-state index is 0. The molecule has 4 heteroatoms. The smallest absolute Gasteiger partial charge is 0 e. The van der Waals surface area contributed by atoms with E-state index in [1.165, 1.54) is 0 Å². The zero-order valence-corrected chi connectivity index (χ0v) is 6.23. The van der Waals surface area contributed by atoms with Crippen molar-refractivity contribution in [1.29, 1.82) is 0 Å². The fourth-order valence-electron chi connectivity index (χ4n) is 0. The van der Waals surface area contributed by atoms with Gasteiger partial charge >= 0.3 is 26.1 Å². The van der Waals surface area contributed by atoms with Crippen LogP contribution in [0.15, 0.2) is 0 Å². The van der Waals surface area contributed by atoms with E-state index >= 15 is 0 Å². The van der Waals surface area contributed by atoms with Gasteiger partial charge in [-0.3, -0.25) is 0 Å². The topological polar surface area (TPSA) is 37.3 Å². The first-order chi connectivity index (χ1) is 1.41. The molecule has 0 unspecified atom stereocenters. The van der Waals surface area contributed by atoms with Crippen molar-refractivity contribution >= 4 is 0 Å². The van der Waals surface area contributed by atoms with Crippen LogP contribution in [0.4, 0.5) is 0 Å². The Labute approximate surface area is 52.0 Å². The SMILES string of the molecule is [O]=[Mo][OH].[Zr]. The molecule has 0 bridgehead atoms. The number of rotatable bonds is 0. The van der Waals surface area contributed by atoms with Gasteiger partial charge in [-0.25, -0.2) is 0 Å². The summed E-state index contributed by atoms with van der Waals surface area (Å²) in [6, 6.07) is 0. The molecule has 0 atom stereocenters. The van der Waals surface area contributed by atoms with E-state index in [9.17, 15) is 0 Å².